The van der Waals surface area contributed by atoms with E-state index in [-0.39, 0.29) is 0 Å². The number of nitrogens with zero attached hydrogens (tertiary/aromatic N) is 3. The zero-order valence-corrected chi connectivity index (χ0v) is 19.3. The van der Waals surface area contributed by atoms with Gasteiger partial charge in [-0.3, -0.25) is 0 Å². The molecule has 4 nitrogen and oxygen atoms in total. The van der Waals surface area contributed by atoms with Crippen molar-refractivity contribution in [3.63, 3.8) is 0 Å². The lowest BCUT2D eigenvalue weighted by atomic mass is 9.90. The molecule has 2 rings (SSSR count). The average Bonchev–Trinajstić information content (AvgIpc) is 3.05. The normalized spacial score (nSPS) is 17.4. The Morgan fingerprint density at radius 1 is 1.24 bits per heavy atom. The Hall–Kier alpha value is -2.46. The molecule has 4 heteroatoms. The SMILES string of the molecule is C=CN=C1C(=C(C)C)C(/C(C)=C(\C)c2ccc(C(C)NC)cc2C)=NN1CCC. The van der Waals surface area contributed by atoms with Crippen LogP contribution in [0, 0.1) is 6.92 Å². The number of allylic oxidation sites excluding steroid dienone is 3. The van der Waals surface area contributed by atoms with Crippen LogP contribution in [0.15, 0.2) is 57.8 Å². The molecule has 1 aliphatic heterocycles. The van der Waals surface area contributed by atoms with E-state index in [9.17, 15) is 0 Å². The highest BCUT2D eigenvalue weighted by atomic mass is 15.5. The molecule has 0 aliphatic carbocycles. The van der Waals surface area contributed by atoms with E-state index in [1.54, 1.807) is 6.20 Å². The van der Waals surface area contributed by atoms with E-state index in [0.717, 1.165) is 30.1 Å². The summed E-state index contributed by atoms with van der Waals surface area (Å²) < 4.78 is 0. The highest BCUT2D eigenvalue weighted by molar-refractivity contribution is 6.34. The molecule has 0 bridgehead atoms. The molecule has 0 saturated carbocycles. The van der Waals surface area contributed by atoms with Crippen LogP contribution in [-0.4, -0.2) is 30.1 Å². The first kappa shape index (κ1) is 22.8. The first-order valence-corrected chi connectivity index (χ1v) is 10.5. The van der Waals surface area contributed by atoms with Gasteiger partial charge in [-0.25, -0.2) is 10.0 Å². The highest BCUT2D eigenvalue weighted by Gasteiger charge is 2.30. The van der Waals surface area contributed by atoms with E-state index in [1.807, 2.05) is 12.1 Å². The van der Waals surface area contributed by atoms with Crippen LogP contribution in [0.5, 0.6) is 0 Å². The average molecular weight is 393 g/mol. The Bertz CT molecular complexity index is 895. The zero-order valence-electron chi connectivity index (χ0n) is 19.3. The van der Waals surface area contributed by atoms with Crippen molar-refractivity contribution < 1.29 is 0 Å². The lowest BCUT2D eigenvalue weighted by Crippen LogP contribution is -2.23. The number of nitrogens with one attached hydrogen (secondary N) is 1. The third-order valence-corrected chi connectivity index (χ3v) is 5.58. The Labute approximate surface area is 176 Å². The number of aryl methyl sites for hydroxylation is 1. The molecule has 1 unspecified atom stereocenters. The molecule has 0 radical (unpaired) electrons. The second kappa shape index (κ2) is 9.84. The van der Waals surface area contributed by atoms with Crippen LogP contribution in [0.4, 0.5) is 0 Å². The molecule has 1 aromatic carbocycles. The quantitative estimate of drug-likeness (QED) is 0.615. The Morgan fingerprint density at radius 3 is 2.45 bits per heavy atom. The van der Waals surface area contributed by atoms with Crippen LogP contribution in [0.25, 0.3) is 5.57 Å². The summed E-state index contributed by atoms with van der Waals surface area (Å²) in [5.41, 5.74) is 9.64. The summed E-state index contributed by atoms with van der Waals surface area (Å²) in [4.78, 5) is 4.55. The van der Waals surface area contributed by atoms with Gasteiger partial charge in [0.1, 0.15) is 0 Å². The first-order valence-electron chi connectivity index (χ1n) is 10.5. The number of amidine groups is 1. The van der Waals surface area contributed by atoms with Gasteiger partial charge in [-0.15, -0.1) is 0 Å². The molecule has 0 spiro atoms. The van der Waals surface area contributed by atoms with Crippen LogP contribution in [-0.2, 0) is 0 Å². The van der Waals surface area contributed by atoms with Crippen molar-refractivity contribution in [2.75, 3.05) is 13.6 Å². The summed E-state index contributed by atoms with van der Waals surface area (Å²) in [5, 5.41) is 10.3. The lowest BCUT2D eigenvalue weighted by Gasteiger charge is -2.16. The fraction of sp³-hybridized carbons (Fsp3) is 0.440. The minimum Gasteiger partial charge on any atom is -0.313 e. The van der Waals surface area contributed by atoms with Crippen LogP contribution in [0.2, 0.25) is 0 Å². The number of rotatable bonds is 7. The summed E-state index contributed by atoms with van der Waals surface area (Å²) in [5.74, 6) is 0.902. The predicted molar refractivity (Wildman–Crippen MR) is 127 cm³/mol. The van der Waals surface area contributed by atoms with Gasteiger partial charge in [0.05, 0.1) is 5.71 Å². The van der Waals surface area contributed by atoms with E-state index in [0.29, 0.717) is 6.04 Å². The summed E-state index contributed by atoms with van der Waals surface area (Å²) in [7, 11) is 1.99. The number of benzene rings is 1. The van der Waals surface area contributed by atoms with Crippen molar-refractivity contribution >= 4 is 17.1 Å². The molecular weight excluding hydrogens is 356 g/mol. The first-order chi connectivity index (χ1) is 13.8. The van der Waals surface area contributed by atoms with Crippen molar-refractivity contribution in [3.8, 4) is 0 Å². The van der Waals surface area contributed by atoms with Gasteiger partial charge in [0.15, 0.2) is 5.84 Å². The summed E-state index contributed by atoms with van der Waals surface area (Å²) >= 11 is 0. The highest BCUT2D eigenvalue weighted by Crippen LogP contribution is 2.31. The van der Waals surface area contributed by atoms with Crippen molar-refractivity contribution in [1.29, 1.82) is 0 Å². The number of aliphatic imine (C=N–C) groups is 1. The summed E-state index contributed by atoms with van der Waals surface area (Å²) in [6.45, 7) is 19.8. The van der Waals surface area contributed by atoms with Gasteiger partial charge in [0.25, 0.3) is 0 Å². The molecule has 156 valence electrons. The van der Waals surface area contributed by atoms with Gasteiger partial charge in [-0.05, 0) is 82.8 Å². The van der Waals surface area contributed by atoms with Crippen molar-refractivity contribution in [3.05, 3.63) is 64.4 Å². The second-order valence-corrected chi connectivity index (χ2v) is 7.92. The minimum atomic E-state index is 0.338. The zero-order chi connectivity index (χ0) is 21.7. The molecular formula is C25H36N4. The van der Waals surface area contributed by atoms with Crippen molar-refractivity contribution in [1.82, 2.24) is 10.3 Å². The Morgan fingerprint density at radius 2 is 1.93 bits per heavy atom. The molecule has 0 aromatic heterocycles. The third-order valence-electron chi connectivity index (χ3n) is 5.58. The minimum absolute atomic E-state index is 0.338. The second-order valence-electron chi connectivity index (χ2n) is 7.92. The molecule has 0 saturated heterocycles. The third kappa shape index (κ3) is 4.76. The predicted octanol–water partition coefficient (Wildman–Crippen LogP) is 6.03. The molecule has 1 heterocycles. The molecule has 1 N–H and O–H groups in total. The smallest absolute Gasteiger partial charge is 0.158 e. The Kier molecular flexibility index (Phi) is 7.74. The molecule has 1 aromatic rings. The largest absolute Gasteiger partial charge is 0.313 e. The van der Waals surface area contributed by atoms with Gasteiger partial charge < -0.3 is 5.32 Å². The number of hydrogen-bond acceptors (Lipinski definition) is 3. The van der Waals surface area contributed by atoms with Gasteiger partial charge in [-0.2, -0.15) is 5.10 Å². The molecule has 0 fully saturated rings. The summed E-state index contributed by atoms with van der Waals surface area (Å²) in [6.07, 6.45) is 2.62. The van der Waals surface area contributed by atoms with Crippen molar-refractivity contribution in [2.24, 2.45) is 10.1 Å². The van der Waals surface area contributed by atoms with Crippen LogP contribution >= 0.6 is 0 Å². The van der Waals surface area contributed by atoms with E-state index in [1.165, 1.54) is 33.4 Å². The van der Waals surface area contributed by atoms with Gasteiger partial charge in [-0.1, -0.05) is 37.3 Å². The van der Waals surface area contributed by atoms with Gasteiger partial charge >= 0.3 is 0 Å². The maximum Gasteiger partial charge on any atom is 0.158 e. The molecule has 29 heavy (non-hydrogen) atoms. The number of hydrazone groups is 1. The Balaban J connectivity index is 2.58. The molecule has 1 atom stereocenters. The fourth-order valence-electron chi connectivity index (χ4n) is 3.68. The van der Waals surface area contributed by atoms with Crippen LogP contribution in [0.3, 0.4) is 0 Å². The van der Waals surface area contributed by atoms with Crippen LogP contribution < -0.4 is 5.32 Å². The fourth-order valence-corrected chi connectivity index (χ4v) is 3.68. The van der Waals surface area contributed by atoms with E-state index < -0.39 is 0 Å². The van der Waals surface area contributed by atoms with Crippen LogP contribution in [0.1, 0.15) is 70.7 Å². The van der Waals surface area contributed by atoms with E-state index in [2.05, 4.69) is 83.6 Å². The number of hydrogen-bond donors (Lipinski definition) is 1. The molecule has 0 amide bonds. The topological polar surface area (TPSA) is 40.0 Å². The van der Waals surface area contributed by atoms with E-state index in [4.69, 9.17) is 5.10 Å². The maximum absolute atomic E-state index is 4.96. The lowest BCUT2D eigenvalue weighted by molar-refractivity contribution is 0.454. The van der Waals surface area contributed by atoms with Crippen molar-refractivity contribution in [2.45, 2.75) is 60.9 Å². The summed E-state index contributed by atoms with van der Waals surface area (Å²) in [6, 6.07) is 7.06. The van der Waals surface area contributed by atoms with Gasteiger partial charge in [0, 0.05) is 24.4 Å². The van der Waals surface area contributed by atoms with E-state index >= 15 is 0 Å². The monoisotopic (exact) mass is 392 g/mol. The molecule has 1 aliphatic rings. The van der Waals surface area contributed by atoms with Gasteiger partial charge in [0.2, 0.25) is 0 Å². The maximum atomic E-state index is 4.96. The standard InChI is InChI=1S/C25H36N4/c1-10-14-29-25(27-11-2)23(16(3)4)24(28-29)19(7)18(6)22-13-12-21(15-17(22)5)20(8)26-9/h11-13,15,20,26H,2,10,14H2,1,3-9H3/b19-18+,27-25?.